The number of halogens is 1. The molecule has 0 saturated carbocycles. The molecule has 0 radical (unpaired) electrons. The SMILES string of the molecule is Fc1ccncc1-c1ccc2ccccc2n1. The third-order valence-corrected chi connectivity index (χ3v) is 2.64. The largest absolute Gasteiger partial charge is 0.264 e. The van der Waals surface area contributed by atoms with E-state index in [1.165, 1.54) is 18.5 Å². The molecule has 0 unspecified atom stereocenters. The average Bonchev–Trinajstić information content (AvgIpc) is 2.39. The van der Waals surface area contributed by atoms with E-state index >= 15 is 0 Å². The van der Waals surface area contributed by atoms with Gasteiger partial charge < -0.3 is 0 Å². The van der Waals surface area contributed by atoms with Gasteiger partial charge in [-0.2, -0.15) is 0 Å². The van der Waals surface area contributed by atoms with Gasteiger partial charge in [0, 0.05) is 17.8 Å². The van der Waals surface area contributed by atoms with Crippen molar-refractivity contribution in [2.75, 3.05) is 0 Å². The smallest absolute Gasteiger partial charge is 0.135 e. The molecule has 0 bridgehead atoms. The average molecular weight is 224 g/mol. The van der Waals surface area contributed by atoms with Crippen LogP contribution in [0.5, 0.6) is 0 Å². The monoisotopic (exact) mass is 224 g/mol. The summed E-state index contributed by atoms with van der Waals surface area (Å²) in [5, 5.41) is 1.04. The van der Waals surface area contributed by atoms with E-state index in [4.69, 9.17) is 0 Å². The van der Waals surface area contributed by atoms with Crippen LogP contribution in [-0.2, 0) is 0 Å². The molecule has 3 heteroatoms. The lowest BCUT2D eigenvalue weighted by atomic mass is 10.1. The third-order valence-electron chi connectivity index (χ3n) is 2.64. The van der Waals surface area contributed by atoms with Gasteiger partial charge in [0.2, 0.25) is 0 Å². The molecule has 0 saturated heterocycles. The van der Waals surface area contributed by atoms with Crippen molar-refractivity contribution >= 4 is 10.9 Å². The van der Waals surface area contributed by atoms with E-state index < -0.39 is 0 Å². The first kappa shape index (κ1) is 9.90. The number of rotatable bonds is 1. The molecule has 2 nitrogen and oxygen atoms in total. The summed E-state index contributed by atoms with van der Waals surface area (Å²) in [6, 6.07) is 12.8. The van der Waals surface area contributed by atoms with E-state index in [0.717, 1.165) is 10.9 Å². The van der Waals surface area contributed by atoms with Gasteiger partial charge in [-0.05, 0) is 18.2 Å². The fourth-order valence-electron chi connectivity index (χ4n) is 1.78. The molecule has 1 aromatic carbocycles. The Morgan fingerprint density at radius 2 is 1.82 bits per heavy atom. The zero-order valence-electron chi connectivity index (χ0n) is 8.97. The summed E-state index contributed by atoms with van der Waals surface area (Å²) in [4.78, 5) is 8.35. The van der Waals surface area contributed by atoms with Crippen molar-refractivity contribution < 1.29 is 4.39 Å². The van der Waals surface area contributed by atoms with Crippen LogP contribution in [0, 0.1) is 5.82 Å². The van der Waals surface area contributed by atoms with E-state index in [-0.39, 0.29) is 5.82 Å². The second kappa shape index (κ2) is 3.94. The molecule has 0 spiro atoms. The summed E-state index contributed by atoms with van der Waals surface area (Å²) in [6.07, 6.45) is 2.92. The Bertz CT molecular complexity index is 680. The van der Waals surface area contributed by atoms with Crippen LogP contribution in [-0.4, -0.2) is 9.97 Å². The number of benzene rings is 1. The van der Waals surface area contributed by atoms with Gasteiger partial charge in [-0.1, -0.05) is 24.3 Å². The number of aromatic nitrogens is 2. The van der Waals surface area contributed by atoms with Crippen molar-refractivity contribution in [3.63, 3.8) is 0 Å². The zero-order chi connectivity index (χ0) is 11.7. The number of hydrogen-bond donors (Lipinski definition) is 0. The minimum Gasteiger partial charge on any atom is -0.264 e. The van der Waals surface area contributed by atoms with Crippen molar-refractivity contribution in [1.82, 2.24) is 9.97 Å². The van der Waals surface area contributed by atoms with Crippen molar-refractivity contribution in [3.05, 3.63) is 60.7 Å². The molecule has 0 N–H and O–H groups in total. The summed E-state index contributed by atoms with van der Waals surface area (Å²) >= 11 is 0. The first-order valence-corrected chi connectivity index (χ1v) is 5.30. The maximum absolute atomic E-state index is 13.6. The van der Waals surface area contributed by atoms with Crippen molar-refractivity contribution in [2.24, 2.45) is 0 Å². The van der Waals surface area contributed by atoms with E-state index in [1.807, 2.05) is 36.4 Å². The van der Waals surface area contributed by atoms with Gasteiger partial charge in [0.25, 0.3) is 0 Å². The van der Waals surface area contributed by atoms with Gasteiger partial charge in [-0.3, -0.25) is 4.98 Å². The van der Waals surface area contributed by atoms with Crippen LogP contribution in [0.25, 0.3) is 22.2 Å². The lowest BCUT2D eigenvalue weighted by Gasteiger charge is -2.03. The molecule has 0 amide bonds. The Hall–Kier alpha value is -2.29. The normalized spacial score (nSPS) is 10.6. The number of para-hydroxylation sites is 1. The highest BCUT2D eigenvalue weighted by Crippen LogP contribution is 2.22. The molecule has 2 aromatic heterocycles. The third kappa shape index (κ3) is 1.76. The number of nitrogens with zero attached hydrogens (tertiary/aromatic N) is 2. The Balaban J connectivity index is 2.22. The summed E-state index contributed by atoms with van der Waals surface area (Å²) in [5.74, 6) is -0.303. The van der Waals surface area contributed by atoms with Crippen LogP contribution in [0.4, 0.5) is 4.39 Å². The molecule has 17 heavy (non-hydrogen) atoms. The first-order chi connectivity index (χ1) is 8.34. The molecule has 2 heterocycles. The minimum absolute atomic E-state index is 0.303. The Morgan fingerprint density at radius 1 is 0.941 bits per heavy atom. The van der Waals surface area contributed by atoms with E-state index in [9.17, 15) is 4.39 Å². The molecular formula is C14H9FN2. The van der Waals surface area contributed by atoms with Crippen molar-refractivity contribution in [1.29, 1.82) is 0 Å². The highest BCUT2D eigenvalue weighted by Gasteiger charge is 2.06. The quantitative estimate of drug-likeness (QED) is 0.632. The molecule has 82 valence electrons. The predicted octanol–water partition coefficient (Wildman–Crippen LogP) is 3.44. The van der Waals surface area contributed by atoms with Crippen molar-refractivity contribution in [3.8, 4) is 11.3 Å². The van der Waals surface area contributed by atoms with Gasteiger partial charge in [-0.25, -0.2) is 9.37 Å². The van der Waals surface area contributed by atoms with Crippen LogP contribution in [0.2, 0.25) is 0 Å². The van der Waals surface area contributed by atoms with Gasteiger partial charge in [0.15, 0.2) is 0 Å². The standard InChI is InChI=1S/C14H9FN2/c15-12-7-8-16-9-11(12)14-6-5-10-3-1-2-4-13(10)17-14/h1-9H. The van der Waals surface area contributed by atoms with Crippen LogP contribution in [0.15, 0.2) is 54.9 Å². The van der Waals surface area contributed by atoms with Crippen LogP contribution >= 0.6 is 0 Å². The van der Waals surface area contributed by atoms with Crippen molar-refractivity contribution in [2.45, 2.75) is 0 Å². The topological polar surface area (TPSA) is 25.8 Å². The molecule has 0 aliphatic rings. The second-order valence-corrected chi connectivity index (χ2v) is 3.74. The molecule has 0 aliphatic heterocycles. The van der Waals surface area contributed by atoms with Crippen LogP contribution < -0.4 is 0 Å². The Kier molecular flexibility index (Phi) is 2.29. The molecule has 3 aromatic rings. The zero-order valence-corrected chi connectivity index (χ0v) is 8.97. The van der Waals surface area contributed by atoms with Gasteiger partial charge in [0.1, 0.15) is 5.82 Å². The van der Waals surface area contributed by atoms with Gasteiger partial charge in [0.05, 0.1) is 16.8 Å². The maximum atomic E-state index is 13.6. The fourth-order valence-corrected chi connectivity index (χ4v) is 1.78. The fraction of sp³-hybridized carbons (Fsp3) is 0. The highest BCUT2D eigenvalue weighted by atomic mass is 19.1. The molecule has 3 rings (SSSR count). The first-order valence-electron chi connectivity index (χ1n) is 5.30. The highest BCUT2D eigenvalue weighted by molar-refractivity contribution is 5.81. The van der Waals surface area contributed by atoms with E-state index in [1.54, 1.807) is 0 Å². The van der Waals surface area contributed by atoms with Gasteiger partial charge in [-0.15, -0.1) is 0 Å². The van der Waals surface area contributed by atoms with Gasteiger partial charge >= 0.3 is 0 Å². The predicted molar refractivity (Wildman–Crippen MR) is 64.9 cm³/mol. The summed E-state index contributed by atoms with van der Waals surface area (Å²) in [5.41, 5.74) is 1.89. The number of hydrogen-bond acceptors (Lipinski definition) is 2. The lowest BCUT2D eigenvalue weighted by molar-refractivity contribution is 0.628. The summed E-state index contributed by atoms with van der Waals surface area (Å²) in [7, 11) is 0. The summed E-state index contributed by atoms with van der Waals surface area (Å²) in [6.45, 7) is 0. The number of pyridine rings is 2. The molecule has 0 atom stereocenters. The minimum atomic E-state index is -0.303. The lowest BCUT2D eigenvalue weighted by Crippen LogP contribution is -1.89. The molecular weight excluding hydrogens is 215 g/mol. The molecule has 0 fully saturated rings. The van der Waals surface area contributed by atoms with E-state index in [2.05, 4.69) is 9.97 Å². The van der Waals surface area contributed by atoms with E-state index in [0.29, 0.717) is 11.3 Å². The van der Waals surface area contributed by atoms with Crippen LogP contribution in [0.1, 0.15) is 0 Å². The Labute approximate surface area is 97.8 Å². The Morgan fingerprint density at radius 3 is 2.71 bits per heavy atom. The summed E-state index contributed by atoms with van der Waals surface area (Å²) < 4.78 is 13.6. The second-order valence-electron chi connectivity index (χ2n) is 3.74. The molecule has 0 aliphatic carbocycles. The maximum Gasteiger partial charge on any atom is 0.135 e. The number of fused-ring (bicyclic) bond motifs is 1. The van der Waals surface area contributed by atoms with Crippen LogP contribution in [0.3, 0.4) is 0 Å².